The van der Waals surface area contributed by atoms with Gasteiger partial charge in [0.15, 0.2) is 0 Å². The third-order valence-electron chi connectivity index (χ3n) is 2.44. The molecule has 1 saturated heterocycles. The maximum Gasteiger partial charge on any atom is 0.0981 e. The summed E-state index contributed by atoms with van der Waals surface area (Å²) in [5.41, 5.74) is 0. The molecule has 0 aliphatic carbocycles. The van der Waals surface area contributed by atoms with Gasteiger partial charge in [0.05, 0.1) is 5.01 Å². The van der Waals surface area contributed by atoms with Gasteiger partial charge in [0.25, 0.3) is 0 Å². The van der Waals surface area contributed by atoms with Crippen molar-refractivity contribution in [3.8, 4) is 0 Å². The van der Waals surface area contributed by atoms with Crippen LogP contribution in [0.15, 0.2) is 11.6 Å². The van der Waals surface area contributed by atoms with E-state index >= 15 is 0 Å². The van der Waals surface area contributed by atoms with Crippen molar-refractivity contribution in [2.45, 2.75) is 53.5 Å². The van der Waals surface area contributed by atoms with Gasteiger partial charge >= 0.3 is 0 Å². The van der Waals surface area contributed by atoms with Crippen LogP contribution in [0.1, 0.15) is 53.9 Å². The van der Waals surface area contributed by atoms with Crippen LogP contribution in [0, 0.1) is 0 Å². The fourth-order valence-electron chi connectivity index (χ4n) is 1.53. The molecule has 0 N–H and O–H groups in total. The Labute approximate surface area is 106 Å². The number of thiazole rings is 1. The van der Waals surface area contributed by atoms with Gasteiger partial charge in [0.1, 0.15) is 0 Å². The lowest BCUT2D eigenvalue weighted by Gasteiger charge is -2.41. The summed E-state index contributed by atoms with van der Waals surface area (Å²) in [6, 6.07) is 0.696. The zero-order valence-corrected chi connectivity index (χ0v) is 12.3. The number of hydrogen-bond acceptors (Lipinski definition) is 3. The van der Waals surface area contributed by atoms with Gasteiger partial charge in [-0.15, -0.1) is 11.3 Å². The van der Waals surface area contributed by atoms with Gasteiger partial charge in [-0.3, -0.25) is 4.90 Å². The highest BCUT2D eigenvalue weighted by Gasteiger charge is 2.30. The van der Waals surface area contributed by atoms with Crippen molar-refractivity contribution in [3.05, 3.63) is 16.6 Å². The summed E-state index contributed by atoms with van der Waals surface area (Å²) in [5.74, 6) is 0.715. The summed E-state index contributed by atoms with van der Waals surface area (Å²) in [6.45, 7) is 14.9. The van der Waals surface area contributed by atoms with Crippen molar-refractivity contribution in [3.63, 3.8) is 0 Å². The number of nitrogens with zero attached hydrogens (tertiary/aromatic N) is 2. The summed E-state index contributed by atoms with van der Waals surface area (Å²) in [5, 5.41) is 3.37. The molecule has 0 bridgehead atoms. The zero-order chi connectivity index (χ0) is 12.6. The first kappa shape index (κ1) is 15.6. The topological polar surface area (TPSA) is 16.1 Å². The summed E-state index contributed by atoms with van der Waals surface area (Å²) < 4.78 is 0. The summed E-state index contributed by atoms with van der Waals surface area (Å²) in [4.78, 5) is 6.80. The lowest BCUT2D eigenvalue weighted by molar-refractivity contribution is 0.110. The SMILES string of the molecule is CC.CC.CC(C)N1CC(c2nccs2)C1.[2HH]. The van der Waals surface area contributed by atoms with Crippen LogP contribution < -0.4 is 0 Å². The lowest BCUT2D eigenvalue weighted by atomic mass is 9.99. The monoisotopic (exact) mass is 245 g/mol. The van der Waals surface area contributed by atoms with Crippen molar-refractivity contribution >= 4 is 11.3 Å². The Hall–Kier alpha value is -0.410. The van der Waals surface area contributed by atoms with Crippen molar-refractivity contribution in [2.24, 2.45) is 0 Å². The fraction of sp³-hybridized carbons (Fsp3) is 0.769. The molecule has 0 aromatic carbocycles. The molecule has 3 heteroatoms. The van der Waals surface area contributed by atoms with Gasteiger partial charge in [0, 0.05) is 38.1 Å². The summed E-state index contributed by atoms with van der Waals surface area (Å²) in [7, 11) is 0. The number of rotatable bonds is 2. The van der Waals surface area contributed by atoms with E-state index in [2.05, 4.69) is 29.1 Å². The van der Waals surface area contributed by atoms with E-state index in [9.17, 15) is 0 Å². The minimum atomic E-state index is 0. The van der Waals surface area contributed by atoms with E-state index in [4.69, 9.17) is 0 Å². The molecule has 0 unspecified atom stereocenters. The quantitative estimate of drug-likeness (QED) is 0.774. The molecule has 16 heavy (non-hydrogen) atoms. The van der Waals surface area contributed by atoms with Crippen LogP contribution in [0.2, 0.25) is 0 Å². The van der Waals surface area contributed by atoms with Crippen LogP contribution in [0.4, 0.5) is 0 Å². The second-order valence-electron chi connectivity index (χ2n) is 3.61. The molecule has 2 rings (SSSR count). The maximum atomic E-state index is 4.32. The largest absolute Gasteiger partial charge is 0.299 e. The fourth-order valence-corrected chi connectivity index (χ4v) is 2.25. The molecule has 2 nitrogen and oxygen atoms in total. The van der Waals surface area contributed by atoms with Crippen LogP contribution in [-0.4, -0.2) is 29.0 Å². The van der Waals surface area contributed by atoms with E-state index in [1.165, 1.54) is 18.1 Å². The second-order valence-corrected chi connectivity index (χ2v) is 4.54. The van der Waals surface area contributed by atoms with Crippen LogP contribution in [0.3, 0.4) is 0 Å². The van der Waals surface area contributed by atoms with Crippen LogP contribution in [0.5, 0.6) is 0 Å². The van der Waals surface area contributed by atoms with Crippen LogP contribution in [0.25, 0.3) is 0 Å². The molecule has 1 aliphatic rings. The van der Waals surface area contributed by atoms with Crippen LogP contribution in [-0.2, 0) is 0 Å². The van der Waals surface area contributed by atoms with Gasteiger partial charge in [-0.1, -0.05) is 27.7 Å². The smallest absolute Gasteiger partial charge is 0.0981 e. The average molecular weight is 245 g/mol. The molecular formula is C13H28N2S. The van der Waals surface area contributed by atoms with Crippen LogP contribution >= 0.6 is 11.3 Å². The van der Waals surface area contributed by atoms with Crippen molar-refractivity contribution < 1.29 is 1.43 Å². The molecule has 0 atom stereocenters. The average Bonchev–Trinajstić information content (AvgIpc) is 2.74. The Morgan fingerprint density at radius 2 is 1.88 bits per heavy atom. The molecule has 0 radical (unpaired) electrons. The second kappa shape index (κ2) is 8.71. The highest BCUT2D eigenvalue weighted by molar-refractivity contribution is 7.09. The number of likely N-dealkylation sites (tertiary alicyclic amines) is 1. The Kier molecular flexibility index (Phi) is 8.49. The van der Waals surface area contributed by atoms with E-state index in [0.29, 0.717) is 12.0 Å². The molecule has 1 aliphatic heterocycles. The van der Waals surface area contributed by atoms with Gasteiger partial charge in [-0.05, 0) is 13.8 Å². The molecule has 0 saturated carbocycles. The molecule has 96 valence electrons. The Morgan fingerprint density at radius 3 is 2.25 bits per heavy atom. The predicted octanol–water partition coefficient (Wildman–Crippen LogP) is 4.25. The minimum Gasteiger partial charge on any atom is -0.299 e. The molecule has 2 heterocycles. The predicted molar refractivity (Wildman–Crippen MR) is 76.4 cm³/mol. The third kappa shape index (κ3) is 4.22. The minimum absolute atomic E-state index is 0. The molecule has 1 fully saturated rings. The lowest BCUT2D eigenvalue weighted by Crippen LogP contribution is -2.48. The first-order valence-corrected chi connectivity index (χ1v) is 7.29. The standard InChI is InChI=1S/C9H14N2S.2C2H6.H2/c1-7(2)11-5-8(6-11)9-10-3-4-12-9;2*1-2;/h3-4,7-8H,5-6H2,1-2H3;2*1-2H3;1H/i;;;1+1. The van der Waals surface area contributed by atoms with E-state index < -0.39 is 0 Å². The third-order valence-corrected chi connectivity index (χ3v) is 3.38. The molecule has 0 amide bonds. The highest BCUT2D eigenvalue weighted by atomic mass is 32.1. The first-order chi connectivity index (χ1) is 7.77. The number of aromatic nitrogens is 1. The van der Waals surface area contributed by atoms with E-state index in [1.807, 2.05) is 33.9 Å². The Bertz CT molecular complexity index is 244. The highest BCUT2D eigenvalue weighted by Crippen LogP contribution is 2.29. The van der Waals surface area contributed by atoms with Gasteiger partial charge in [0.2, 0.25) is 0 Å². The normalized spacial score (nSPS) is 15.7. The Morgan fingerprint density at radius 1 is 1.31 bits per heavy atom. The van der Waals surface area contributed by atoms with Gasteiger partial charge in [-0.2, -0.15) is 0 Å². The summed E-state index contributed by atoms with van der Waals surface area (Å²) in [6.07, 6.45) is 1.90. The maximum absolute atomic E-state index is 4.32. The van der Waals surface area contributed by atoms with Gasteiger partial charge in [-0.25, -0.2) is 4.98 Å². The molecule has 1 aromatic heterocycles. The van der Waals surface area contributed by atoms with E-state index in [1.54, 1.807) is 11.3 Å². The Balaban J connectivity index is 0. The first-order valence-electron chi connectivity index (χ1n) is 6.41. The van der Waals surface area contributed by atoms with Gasteiger partial charge < -0.3 is 0 Å². The summed E-state index contributed by atoms with van der Waals surface area (Å²) >= 11 is 1.78. The van der Waals surface area contributed by atoms with E-state index in [0.717, 1.165) is 0 Å². The van der Waals surface area contributed by atoms with E-state index in [-0.39, 0.29) is 1.43 Å². The van der Waals surface area contributed by atoms with Crippen molar-refractivity contribution in [1.29, 1.82) is 0 Å². The number of hydrogen-bond donors (Lipinski definition) is 0. The molecular weight excluding hydrogens is 216 g/mol. The molecule has 1 aromatic rings. The zero-order valence-electron chi connectivity index (χ0n) is 11.5. The molecule has 0 spiro atoms. The van der Waals surface area contributed by atoms with Crippen molar-refractivity contribution in [2.75, 3.05) is 13.1 Å². The van der Waals surface area contributed by atoms with Crippen molar-refractivity contribution in [1.82, 2.24) is 9.88 Å².